The van der Waals surface area contributed by atoms with Gasteiger partial charge in [-0.15, -0.1) is 0 Å². The molecular weight excluding hydrogens is 797 g/mol. The smallest absolute Gasteiger partial charge is 0.224 e. The first-order chi connectivity index (χ1) is 29.4. The number of nitrogens with zero attached hydrogens (tertiary/aromatic N) is 3. The third kappa shape index (κ3) is 18.7. The van der Waals surface area contributed by atoms with Crippen molar-refractivity contribution < 1.29 is 39.5 Å². The number of aliphatic hydroxyl groups is 4. The van der Waals surface area contributed by atoms with Gasteiger partial charge in [-0.2, -0.15) is 0 Å². The summed E-state index contributed by atoms with van der Waals surface area (Å²) in [6, 6.07) is 20.2. The monoisotopic (exact) mass is 858 g/mol. The second-order valence-corrected chi connectivity index (χ2v) is 16.5. The summed E-state index contributed by atoms with van der Waals surface area (Å²) in [6.45, 7) is 5.19. The molecule has 0 spiro atoms. The Morgan fingerprint density at radius 3 is 1.82 bits per heavy atom. The van der Waals surface area contributed by atoms with Crippen molar-refractivity contribution in [3.05, 3.63) is 131 Å². The molecule has 322 valence electrons. The third-order valence-corrected chi connectivity index (χ3v) is 11.6. The van der Waals surface area contributed by atoms with E-state index in [0.29, 0.717) is 45.6 Å². The maximum Gasteiger partial charge on any atom is 0.224 e. The number of benzene rings is 2. The number of aliphatic hydroxyl groups excluding tert-OH is 4. The van der Waals surface area contributed by atoms with Crippen LogP contribution in [0.5, 0.6) is 0 Å². The van der Waals surface area contributed by atoms with Crippen molar-refractivity contribution in [1.82, 2.24) is 10.6 Å². The van der Waals surface area contributed by atoms with Gasteiger partial charge >= 0.3 is 0 Å². The van der Waals surface area contributed by atoms with Crippen LogP contribution in [-0.2, 0) is 16.1 Å². The molecule has 12 nitrogen and oxygen atoms in total. The van der Waals surface area contributed by atoms with Crippen LogP contribution in [-0.4, -0.2) is 110 Å². The molecule has 0 saturated heterocycles. The molecule has 2 amide bonds. The summed E-state index contributed by atoms with van der Waals surface area (Å²) in [4.78, 5) is 29.8. The zero-order valence-corrected chi connectivity index (χ0v) is 36.0. The number of quaternary nitrogens is 1. The molecule has 0 bridgehead atoms. The van der Waals surface area contributed by atoms with Crippen LogP contribution in [0.25, 0.3) is 18.2 Å². The van der Waals surface area contributed by atoms with E-state index in [1.54, 1.807) is 17.0 Å². The number of nitrogens with one attached hydrogen (secondary N) is 3. The maximum absolute atomic E-state index is 12.3. The highest BCUT2D eigenvalue weighted by atomic mass is 33.1. The van der Waals surface area contributed by atoms with Gasteiger partial charge in [0.1, 0.15) is 13.1 Å². The van der Waals surface area contributed by atoms with Gasteiger partial charge in [-0.25, -0.2) is 4.57 Å². The minimum Gasteiger partial charge on any atom is -0.395 e. The quantitative estimate of drug-likeness (QED) is 0.0329. The lowest BCUT2D eigenvalue weighted by molar-refractivity contribution is -0.841. The van der Waals surface area contributed by atoms with Crippen molar-refractivity contribution in [1.29, 1.82) is 0 Å². The molecule has 1 aromatic heterocycles. The second kappa shape index (κ2) is 28.7. The van der Waals surface area contributed by atoms with Crippen LogP contribution in [0, 0.1) is 0 Å². The molecule has 0 aliphatic carbocycles. The van der Waals surface area contributed by atoms with E-state index in [4.69, 9.17) is 0 Å². The minimum absolute atomic E-state index is 0.0253. The van der Waals surface area contributed by atoms with Gasteiger partial charge in [0.25, 0.3) is 0 Å². The van der Waals surface area contributed by atoms with Crippen LogP contribution < -0.4 is 29.9 Å². The number of rotatable bonds is 28. The molecule has 1 atom stereocenters. The van der Waals surface area contributed by atoms with Gasteiger partial charge in [0, 0.05) is 93.9 Å². The average Bonchev–Trinajstić information content (AvgIpc) is 3.27. The lowest BCUT2D eigenvalue weighted by Gasteiger charge is -2.22. The molecule has 0 saturated carbocycles. The first-order valence-corrected chi connectivity index (χ1v) is 23.0. The summed E-state index contributed by atoms with van der Waals surface area (Å²) in [5.41, 5.74) is 6.30. The summed E-state index contributed by atoms with van der Waals surface area (Å²) < 4.78 is 2.07. The highest BCUT2D eigenvalue weighted by molar-refractivity contribution is 8.77. The van der Waals surface area contributed by atoms with Crippen LogP contribution in [0.3, 0.4) is 0 Å². The van der Waals surface area contributed by atoms with Crippen LogP contribution in [0.2, 0.25) is 0 Å². The molecule has 1 aliphatic rings. The lowest BCUT2D eigenvalue weighted by atomic mass is 10.1. The highest BCUT2D eigenvalue weighted by Gasteiger charge is 2.11. The fourth-order valence-electron chi connectivity index (χ4n) is 6.37. The van der Waals surface area contributed by atoms with Gasteiger partial charge in [-0.3, -0.25) is 9.59 Å². The molecule has 0 radical (unpaired) electrons. The molecule has 2 heterocycles. The number of aromatic nitrogens is 1. The summed E-state index contributed by atoms with van der Waals surface area (Å²) >= 11 is 0. The topological polar surface area (TPSA) is 154 Å². The maximum atomic E-state index is 12.3. The van der Waals surface area contributed by atoms with Crippen molar-refractivity contribution in [3.63, 3.8) is 0 Å². The molecule has 2 aromatic carbocycles. The summed E-state index contributed by atoms with van der Waals surface area (Å²) in [7, 11) is 3.14. The number of pyridine rings is 1. The number of aryl methyl sites for hydroxylation is 1. The first kappa shape index (κ1) is 48.0. The number of hydrogen-bond acceptors (Lipinski definition) is 10. The van der Waals surface area contributed by atoms with Gasteiger partial charge < -0.3 is 45.8 Å². The van der Waals surface area contributed by atoms with Gasteiger partial charge in [0.2, 0.25) is 11.8 Å². The van der Waals surface area contributed by atoms with Crippen LogP contribution in [0.4, 0.5) is 11.4 Å². The fraction of sp³-hybridized carbons (Fsp3) is 0.370. The number of amides is 2. The predicted octanol–water partition coefficient (Wildman–Crippen LogP) is 3.42. The van der Waals surface area contributed by atoms with E-state index in [1.165, 1.54) is 15.7 Å². The highest BCUT2D eigenvalue weighted by Crippen LogP contribution is 2.21. The average molecular weight is 859 g/mol. The summed E-state index contributed by atoms with van der Waals surface area (Å²) in [5, 5.41) is 44.7. The van der Waals surface area contributed by atoms with Gasteiger partial charge in [-0.1, -0.05) is 70.2 Å². The molecule has 0 fully saturated rings. The van der Waals surface area contributed by atoms with Crippen molar-refractivity contribution in [2.24, 2.45) is 0 Å². The van der Waals surface area contributed by atoms with Crippen LogP contribution in [0.15, 0.2) is 115 Å². The number of carbonyl (C=O) groups is 2. The van der Waals surface area contributed by atoms with Crippen LogP contribution in [0.1, 0.15) is 42.4 Å². The van der Waals surface area contributed by atoms with Crippen molar-refractivity contribution in [2.45, 2.75) is 32.2 Å². The van der Waals surface area contributed by atoms with Gasteiger partial charge in [-0.05, 0) is 64.1 Å². The molecule has 3 aromatic rings. The second-order valence-electron chi connectivity index (χ2n) is 14.1. The van der Waals surface area contributed by atoms with E-state index >= 15 is 0 Å². The van der Waals surface area contributed by atoms with Crippen molar-refractivity contribution in [2.75, 3.05) is 87.8 Å². The van der Waals surface area contributed by atoms with E-state index < -0.39 is 0 Å². The van der Waals surface area contributed by atoms with E-state index in [2.05, 4.69) is 51.8 Å². The fourth-order valence-corrected chi connectivity index (χ4v) is 7.80. The van der Waals surface area contributed by atoms with E-state index in [1.807, 2.05) is 94.3 Å². The summed E-state index contributed by atoms with van der Waals surface area (Å²) in [5.74, 6) is 0.807. The largest absolute Gasteiger partial charge is 0.395 e. The predicted molar refractivity (Wildman–Crippen MR) is 247 cm³/mol. The van der Waals surface area contributed by atoms with E-state index in [0.717, 1.165) is 71.9 Å². The number of anilines is 2. The first-order valence-electron chi connectivity index (χ1n) is 20.6. The Labute approximate surface area is 363 Å². The number of hydrogen-bond donors (Lipinski definition) is 7. The molecule has 60 heavy (non-hydrogen) atoms. The van der Waals surface area contributed by atoms with Crippen molar-refractivity contribution >= 4 is 63.0 Å². The minimum atomic E-state index is -0.0253. The molecule has 1 aliphatic heterocycles. The molecular formula is C46H62N6O6S2+2. The van der Waals surface area contributed by atoms with Gasteiger partial charge in [0.05, 0.1) is 39.2 Å². The summed E-state index contributed by atoms with van der Waals surface area (Å²) in [6.07, 6.45) is 22.9. The van der Waals surface area contributed by atoms with E-state index in [-0.39, 0.29) is 38.2 Å². The normalized spacial score (nSPS) is 13.9. The Balaban J connectivity index is 0.986. The Kier molecular flexibility index (Phi) is 23.0. The van der Waals surface area contributed by atoms with E-state index in [9.17, 15) is 30.0 Å². The standard InChI is InChI=1S/C46H60N6O6S2/c53-33-29-51(30-34-54)43-13-9-39(10-14-43)5-7-41-17-25-49(26-18-41)23-1-3-45(57)47-21-37-59-60-38-22-48-46(58)4-2-24-50-27-19-42(20-28-50)8-6-40-11-15-44(16-12-40)52(31-35-55)32-36-56/h5-21,25-27,37,53-56H,1-4,22-24,28-36,38H2,(H-,47,48,57,58)/p+2. The molecule has 1 unspecified atom stereocenters. The molecule has 7 N–H and O–H groups in total. The van der Waals surface area contributed by atoms with Gasteiger partial charge in [0.15, 0.2) is 12.4 Å². The zero-order valence-electron chi connectivity index (χ0n) is 34.4. The van der Waals surface area contributed by atoms with Crippen LogP contribution >= 0.6 is 21.6 Å². The Morgan fingerprint density at radius 1 is 0.717 bits per heavy atom. The Morgan fingerprint density at radius 2 is 1.27 bits per heavy atom. The zero-order chi connectivity index (χ0) is 42.6. The molecule has 14 heteroatoms. The Hall–Kier alpha value is -4.67. The van der Waals surface area contributed by atoms with Crippen molar-refractivity contribution in [3.8, 4) is 0 Å². The SMILES string of the molecule is O=C(CCC[n+]1ccc(C=Cc2ccc(N(CCO)CCO)cc2)cc1)NC=CSSCCNC(=O)CCC[NH+]1C=CC(C=Cc2ccc(N(CCO)CCO)cc2)=CC1. The third-order valence-electron chi connectivity index (χ3n) is 9.63. The Bertz CT molecular complexity index is 1840. The molecule has 4 rings (SSSR count). The lowest BCUT2D eigenvalue weighted by Crippen LogP contribution is -3.07. The number of allylic oxidation sites excluding steroid dienone is 3. The number of carbonyl (C=O) groups excluding carboxylic acids is 2.